The van der Waals surface area contributed by atoms with Crippen LogP contribution in [0.3, 0.4) is 0 Å². The summed E-state index contributed by atoms with van der Waals surface area (Å²) in [5.41, 5.74) is 1.69. The lowest BCUT2D eigenvalue weighted by molar-refractivity contribution is -0.127. The van der Waals surface area contributed by atoms with Crippen molar-refractivity contribution in [2.24, 2.45) is 0 Å². The summed E-state index contributed by atoms with van der Waals surface area (Å²) in [5, 5.41) is 2.11. The Morgan fingerprint density at radius 3 is 2.58 bits per heavy atom. The molecule has 1 aromatic carbocycles. The third-order valence-electron chi connectivity index (χ3n) is 2.53. The van der Waals surface area contributed by atoms with Crippen LogP contribution in [0, 0.1) is 6.92 Å². The van der Waals surface area contributed by atoms with Gasteiger partial charge < -0.3 is 10.2 Å². The molecule has 1 amide bonds. The van der Waals surface area contributed by atoms with Crippen molar-refractivity contribution in [3.63, 3.8) is 0 Å². The fraction of sp³-hybridized carbons (Fsp3) is 0.462. The molecule has 0 aromatic heterocycles. The molecule has 19 heavy (non-hydrogen) atoms. The number of carbonyl (C=O) groups is 1. The predicted octanol–water partition coefficient (Wildman–Crippen LogP) is 2.50. The number of benzene rings is 1. The fourth-order valence-corrected chi connectivity index (χ4v) is 1.71. The van der Waals surface area contributed by atoms with Crippen molar-refractivity contribution in [3.05, 3.63) is 29.8 Å². The van der Waals surface area contributed by atoms with Crippen LogP contribution in [0.4, 0.5) is 18.9 Å². The summed E-state index contributed by atoms with van der Waals surface area (Å²) in [5.74, 6) is -0.377. The Balaban J connectivity index is 2.62. The Morgan fingerprint density at radius 1 is 1.37 bits per heavy atom. The second-order valence-electron chi connectivity index (χ2n) is 4.20. The van der Waals surface area contributed by atoms with E-state index in [1.807, 2.05) is 25.1 Å². The number of hydrogen-bond acceptors (Lipinski definition) is 2. The number of nitrogens with zero attached hydrogens (tertiary/aromatic N) is 1. The van der Waals surface area contributed by atoms with E-state index in [4.69, 9.17) is 0 Å². The van der Waals surface area contributed by atoms with Crippen molar-refractivity contribution in [1.29, 1.82) is 0 Å². The molecule has 0 bridgehead atoms. The molecule has 0 saturated heterocycles. The molecule has 1 aromatic rings. The highest BCUT2D eigenvalue weighted by Gasteiger charge is 2.27. The van der Waals surface area contributed by atoms with Crippen molar-refractivity contribution in [2.75, 3.05) is 24.5 Å². The summed E-state index contributed by atoms with van der Waals surface area (Å²) in [4.78, 5) is 13.3. The van der Waals surface area contributed by atoms with Gasteiger partial charge in [-0.25, -0.2) is 0 Å². The van der Waals surface area contributed by atoms with Gasteiger partial charge in [0, 0.05) is 12.2 Å². The van der Waals surface area contributed by atoms with Gasteiger partial charge in [-0.3, -0.25) is 4.79 Å². The van der Waals surface area contributed by atoms with E-state index in [1.165, 1.54) is 4.90 Å². The largest absolute Gasteiger partial charge is 0.401 e. The summed E-state index contributed by atoms with van der Waals surface area (Å²) in [6, 6.07) is 7.29. The Hall–Kier alpha value is -1.56. The average Bonchev–Trinajstić information content (AvgIpc) is 2.28. The normalized spacial score (nSPS) is 11.4. The minimum absolute atomic E-state index is 0.332. The van der Waals surface area contributed by atoms with Crippen molar-refractivity contribution in [2.45, 2.75) is 20.0 Å². The number of amides is 1. The summed E-state index contributed by atoms with van der Waals surface area (Å²) < 4.78 is 35.9. The lowest BCUT2D eigenvalue weighted by atomic mass is 10.2. The average molecular weight is 274 g/mol. The van der Waals surface area contributed by atoms with Gasteiger partial charge in [-0.15, -0.1) is 0 Å². The SMILES string of the molecule is CCN(C(=O)CNCC(F)(F)F)c1cccc(C)c1. The van der Waals surface area contributed by atoms with Gasteiger partial charge in [-0.1, -0.05) is 12.1 Å². The molecule has 1 N–H and O–H groups in total. The molecule has 0 radical (unpaired) electrons. The predicted molar refractivity (Wildman–Crippen MR) is 68.1 cm³/mol. The lowest BCUT2D eigenvalue weighted by Crippen LogP contribution is -2.41. The summed E-state index contributed by atoms with van der Waals surface area (Å²) in [6.07, 6.45) is -4.30. The molecule has 0 heterocycles. The van der Waals surface area contributed by atoms with E-state index in [0.717, 1.165) is 5.56 Å². The fourth-order valence-electron chi connectivity index (χ4n) is 1.71. The van der Waals surface area contributed by atoms with Crippen molar-refractivity contribution >= 4 is 11.6 Å². The molecule has 0 spiro atoms. The smallest absolute Gasteiger partial charge is 0.312 e. The summed E-state index contributed by atoms with van der Waals surface area (Å²) >= 11 is 0. The highest BCUT2D eigenvalue weighted by molar-refractivity contribution is 5.94. The van der Waals surface area contributed by atoms with Crippen LogP contribution < -0.4 is 10.2 Å². The van der Waals surface area contributed by atoms with Crippen molar-refractivity contribution in [1.82, 2.24) is 5.32 Å². The number of rotatable bonds is 5. The zero-order valence-electron chi connectivity index (χ0n) is 10.9. The molecule has 1 rings (SSSR count). The number of halogens is 3. The molecule has 0 fully saturated rings. The van der Waals surface area contributed by atoms with Gasteiger partial charge in [0.15, 0.2) is 0 Å². The first-order valence-corrected chi connectivity index (χ1v) is 5.98. The quantitative estimate of drug-likeness (QED) is 0.894. The first kappa shape index (κ1) is 15.5. The molecule has 0 saturated carbocycles. The second-order valence-corrected chi connectivity index (χ2v) is 4.20. The highest BCUT2D eigenvalue weighted by atomic mass is 19.4. The van der Waals surface area contributed by atoms with Crippen LogP contribution in [0.1, 0.15) is 12.5 Å². The third-order valence-corrected chi connectivity index (χ3v) is 2.53. The highest BCUT2D eigenvalue weighted by Crippen LogP contribution is 2.16. The minimum Gasteiger partial charge on any atom is -0.312 e. The van der Waals surface area contributed by atoms with Crippen LogP contribution in [-0.2, 0) is 4.79 Å². The van der Waals surface area contributed by atoms with Gasteiger partial charge in [-0.05, 0) is 31.5 Å². The first-order chi connectivity index (χ1) is 8.83. The van der Waals surface area contributed by atoms with Crippen LogP contribution in [0.5, 0.6) is 0 Å². The number of hydrogen-bond donors (Lipinski definition) is 1. The number of aryl methyl sites for hydroxylation is 1. The van der Waals surface area contributed by atoms with Gasteiger partial charge in [0.2, 0.25) is 5.91 Å². The van der Waals surface area contributed by atoms with Crippen LogP contribution in [0.2, 0.25) is 0 Å². The minimum atomic E-state index is -4.30. The van der Waals surface area contributed by atoms with Crippen molar-refractivity contribution < 1.29 is 18.0 Å². The van der Waals surface area contributed by atoms with Crippen LogP contribution in [-0.4, -0.2) is 31.7 Å². The lowest BCUT2D eigenvalue weighted by Gasteiger charge is -2.22. The summed E-state index contributed by atoms with van der Waals surface area (Å²) in [7, 11) is 0. The van der Waals surface area contributed by atoms with E-state index in [2.05, 4.69) is 5.32 Å². The van der Waals surface area contributed by atoms with Crippen molar-refractivity contribution in [3.8, 4) is 0 Å². The first-order valence-electron chi connectivity index (χ1n) is 5.98. The van der Waals surface area contributed by atoms with Crippen LogP contribution in [0.15, 0.2) is 24.3 Å². The zero-order chi connectivity index (χ0) is 14.5. The Labute approximate surface area is 110 Å². The van der Waals surface area contributed by atoms with E-state index in [-0.39, 0.29) is 12.5 Å². The zero-order valence-corrected chi connectivity index (χ0v) is 10.9. The van der Waals surface area contributed by atoms with Gasteiger partial charge in [0.05, 0.1) is 13.1 Å². The maximum Gasteiger partial charge on any atom is 0.401 e. The van der Waals surface area contributed by atoms with E-state index in [1.54, 1.807) is 13.0 Å². The van der Waals surface area contributed by atoms with Crippen LogP contribution in [0.25, 0.3) is 0 Å². The standard InChI is InChI=1S/C13H17F3N2O/c1-3-18(11-6-4-5-10(2)7-11)12(19)8-17-9-13(14,15)16/h4-7,17H,3,8-9H2,1-2H3. The topological polar surface area (TPSA) is 32.3 Å². The van der Waals surface area contributed by atoms with E-state index < -0.39 is 12.7 Å². The molecule has 0 aliphatic carbocycles. The molecule has 6 heteroatoms. The van der Waals surface area contributed by atoms with Gasteiger partial charge in [0.1, 0.15) is 0 Å². The van der Waals surface area contributed by atoms with Gasteiger partial charge >= 0.3 is 6.18 Å². The van der Waals surface area contributed by atoms with Gasteiger partial charge in [-0.2, -0.15) is 13.2 Å². The van der Waals surface area contributed by atoms with E-state index in [0.29, 0.717) is 12.2 Å². The van der Waals surface area contributed by atoms with Crippen LogP contribution >= 0.6 is 0 Å². The number of likely N-dealkylation sites (N-methyl/N-ethyl adjacent to an activating group) is 1. The van der Waals surface area contributed by atoms with E-state index in [9.17, 15) is 18.0 Å². The molecule has 0 unspecified atom stereocenters. The van der Waals surface area contributed by atoms with Gasteiger partial charge in [0.25, 0.3) is 0 Å². The maximum atomic E-state index is 12.0. The molecular weight excluding hydrogens is 257 g/mol. The maximum absolute atomic E-state index is 12.0. The summed E-state index contributed by atoms with van der Waals surface area (Å²) in [6.45, 7) is 2.59. The molecule has 0 atom stereocenters. The Bertz CT molecular complexity index is 432. The second kappa shape index (κ2) is 6.56. The number of nitrogens with one attached hydrogen (secondary N) is 1. The van der Waals surface area contributed by atoms with E-state index >= 15 is 0 Å². The number of anilines is 1. The third kappa shape index (κ3) is 5.30. The molecule has 0 aliphatic rings. The monoisotopic (exact) mass is 274 g/mol. The number of alkyl halides is 3. The molecule has 106 valence electrons. The Kier molecular flexibility index (Phi) is 5.35. The molecule has 0 aliphatic heterocycles. The molecular formula is C13H17F3N2O. The Morgan fingerprint density at radius 2 is 2.05 bits per heavy atom. The molecule has 3 nitrogen and oxygen atoms in total. The number of carbonyl (C=O) groups excluding carboxylic acids is 1.